The van der Waals surface area contributed by atoms with Crippen LogP contribution in [0.2, 0.25) is 0 Å². The van der Waals surface area contributed by atoms with Gasteiger partial charge in [0.05, 0.1) is 20.3 Å². The average molecular weight is 621 g/mol. The molecule has 2 fully saturated rings. The van der Waals surface area contributed by atoms with Gasteiger partial charge in [-0.3, -0.25) is 0 Å². The highest BCUT2D eigenvalue weighted by Gasteiger charge is 2.51. The van der Waals surface area contributed by atoms with Gasteiger partial charge in [-0.15, -0.1) is 6.58 Å². The lowest BCUT2D eigenvalue weighted by Crippen LogP contribution is -2.60. The second kappa shape index (κ2) is 14.4. The van der Waals surface area contributed by atoms with E-state index in [-0.39, 0.29) is 17.2 Å². The molecule has 0 saturated carbocycles. The fourth-order valence-electron chi connectivity index (χ4n) is 4.54. The topological polar surface area (TPSA) is 214 Å². The number of allylic oxidation sites excluding steroid dienone is 1. The summed E-state index contributed by atoms with van der Waals surface area (Å²) in [4.78, 5) is 12.1. The lowest BCUT2D eigenvalue weighted by molar-refractivity contribution is -0.289. The zero-order valence-corrected chi connectivity index (χ0v) is 23.8. The molecule has 0 amide bonds. The van der Waals surface area contributed by atoms with Crippen molar-refractivity contribution in [2.45, 2.75) is 55.1 Å². The van der Waals surface area contributed by atoms with Crippen molar-refractivity contribution in [3.05, 3.63) is 66.3 Å². The Bertz CT molecular complexity index is 1330. The summed E-state index contributed by atoms with van der Waals surface area (Å²) in [5, 5.41) is 71.8. The van der Waals surface area contributed by atoms with Gasteiger partial charge in [-0.1, -0.05) is 18.2 Å². The smallest absolute Gasteiger partial charge is 0.330 e. The molecule has 0 aromatic heterocycles. The van der Waals surface area contributed by atoms with Crippen molar-refractivity contribution in [3.8, 4) is 23.0 Å². The third-order valence-electron chi connectivity index (χ3n) is 7.13. The van der Waals surface area contributed by atoms with Crippen LogP contribution in [0.4, 0.5) is 0 Å². The first-order valence-corrected chi connectivity index (χ1v) is 13.6. The number of phenolic OH excluding ortho intramolecular Hbond substituents is 2. The largest absolute Gasteiger partial charge is 0.504 e. The minimum absolute atomic E-state index is 0.206. The average Bonchev–Trinajstić information content (AvgIpc) is 3.30. The number of hydrogen-bond acceptors (Lipinski definition) is 14. The molecule has 2 aliphatic heterocycles. The van der Waals surface area contributed by atoms with Crippen molar-refractivity contribution in [2.24, 2.45) is 0 Å². The summed E-state index contributed by atoms with van der Waals surface area (Å²) in [6.07, 6.45) is -6.10. The van der Waals surface area contributed by atoms with Crippen LogP contribution in [0.15, 0.2) is 55.1 Å². The number of benzene rings is 2. The van der Waals surface area contributed by atoms with Crippen molar-refractivity contribution >= 4 is 12.0 Å². The maximum absolute atomic E-state index is 12.1. The summed E-state index contributed by atoms with van der Waals surface area (Å²) in [6, 6.07) is 8.98. The number of aliphatic hydroxyl groups excluding tert-OH is 4. The van der Waals surface area contributed by atoms with Gasteiger partial charge in [-0.25, -0.2) is 4.79 Å². The fraction of sp³-hybridized carbons (Fsp3) is 0.433. The molecule has 7 N–H and O–H groups in total. The Morgan fingerprint density at radius 1 is 1.02 bits per heavy atom. The summed E-state index contributed by atoms with van der Waals surface area (Å²) in [6.45, 7) is 2.11. The molecule has 8 unspecified atom stereocenters. The van der Waals surface area contributed by atoms with E-state index in [2.05, 4.69) is 6.58 Å². The molecule has 2 heterocycles. The third-order valence-corrected chi connectivity index (χ3v) is 7.13. The Balaban J connectivity index is 1.31. The van der Waals surface area contributed by atoms with E-state index in [0.29, 0.717) is 17.7 Å². The van der Waals surface area contributed by atoms with Gasteiger partial charge < -0.3 is 64.2 Å². The number of carbonyl (C=O) groups excluding carboxylic acids is 1. The highest BCUT2D eigenvalue weighted by Crippen LogP contribution is 2.33. The number of rotatable bonds is 12. The maximum Gasteiger partial charge on any atom is 0.330 e. The molecule has 0 radical (unpaired) electrons. The molecule has 2 aliphatic rings. The second-order valence-electron chi connectivity index (χ2n) is 10.4. The van der Waals surface area contributed by atoms with Gasteiger partial charge in [-0.2, -0.15) is 0 Å². The molecule has 8 atom stereocenters. The summed E-state index contributed by atoms with van der Waals surface area (Å²) < 4.78 is 32.7. The molecule has 2 aromatic carbocycles. The normalized spacial score (nSPS) is 30.3. The zero-order valence-electron chi connectivity index (χ0n) is 23.8. The van der Waals surface area contributed by atoms with Crippen LogP contribution in [0.1, 0.15) is 11.1 Å². The molecule has 14 nitrogen and oxygen atoms in total. The molecule has 44 heavy (non-hydrogen) atoms. The Morgan fingerprint density at radius 3 is 2.50 bits per heavy atom. The Kier molecular flexibility index (Phi) is 10.8. The van der Waals surface area contributed by atoms with Gasteiger partial charge in [0.25, 0.3) is 0 Å². The molecule has 2 aromatic rings. The Labute approximate surface area is 252 Å². The molecule has 0 spiro atoms. The van der Waals surface area contributed by atoms with Crippen LogP contribution >= 0.6 is 0 Å². The van der Waals surface area contributed by atoms with Crippen LogP contribution in [0.5, 0.6) is 23.0 Å². The fourth-order valence-corrected chi connectivity index (χ4v) is 4.54. The quantitative estimate of drug-likeness (QED) is 0.0705. The minimum Gasteiger partial charge on any atom is -0.504 e. The number of carbonyl (C=O) groups is 1. The molecule has 0 aliphatic carbocycles. The summed E-state index contributed by atoms with van der Waals surface area (Å²) >= 11 is 0. The lowest BCUT2D eigenvalue weighted by Gasteiger charge is -2.40. The monoisotopic (exact) mass is 620 g/mol. The van der Waals surface area contributed by atoms with Crippen molar-refractivity contribution in [3.63, 3.8) is 0 Å². The molecule has 4 rings (SSSR count). The predicted molar refractivity (Wildman–Crippen MR) is 151 cm³/mol. The molecular weight excluding hydrogens is 584 g/mol. The lowest BCUT2D eigenvalue weighted by atomic mass is 9.99. The molecule has 0 bridgehead atoms. The number of hydrogen-bond donors (Lipinski definition) is 7. The standard InChI is InChI=1S/C30H36O14/c1-3-4-16-6-9-20(21(12-16)39-2)43-28-26(36)25(35)24(34)22(44-28)13-40-29-27(37)30(38,15-42-29)14-41-23(33)10-7-17-5-8-18(31)19(32)11-17/h3,5-12,22,24-29,31-32,34-38H,1,4,13-15H2,2H3. The highest BCUT2D eigenvalue weighted by molar-refractivity contribution is 5.87. The van der Waals surface area contributed by atoms with E-state index in [4.69, 9.17) is 28.4 Å². The van der Waals surface area contributed by atoms with E-state index in [1.165, 1.54) is 31.4 Å². The SMILES string of the molecule is C=CCc1ccc(OC2OC(COC3OCC(O)(COC(=O)C=Cc4ccc(O)c(O)c4)C3O)C(O)C(O)C2O)c(OC)c1. The molecular formula is C30H36O14. The predicted octanol–water partition coefficient (Wildman–Crippen LogP) is -0.257. The van der Waals surface area contributed by atoms with Gasteiger partial charge in [0.2, 0.25) is 6.29 Å². The summed E-state index contributed by atoms with van der Waals surface area (Å²) in [5.74, 6) is -1.02. The van der Waals surface area contributed by atoms with E-state index < -0.39 is 74.5 Å². The first kappa shape index (κ1) is 33.2. The van der Waals surface area contributed by atoms with Crippen LogP contribution < -0.4 is 9.47 Å². The van der Waals surface area contributed by atoms with Crippen molar-refractivity contribution in [1.82, 2.24) is 0 Å². The number of phenols is 2. The van der Waals surface area contributed by atoms with Crippen molar-refractivity contribution < 1.29 is 69.0 Å². The van der Waals surface area contributed by atoms with Crippen LogP contribution in [0, 0.1) is 0 Å². The van der Waals surface area contributed by atoms with Gasteiger partial charge in [0.1, 0.15) is 37.1 Å². The minimum atomic E-state index is -2.04. The maximum atomic E-state index is 12.1. The van der Waals surface area contributed by atoms with Crippen LogP contribution in [-0.2, 0) is 30.2 Å². The van der Waals surface area contributed by atoms with E-state index in [9.17, 15) is 40.5 Å². The summed E-state index contributed by atoms with van der Waals surface area (Å²) in [7, 11) is 1.43. The number of methoxy groups -OCH3 is 1. The Hall–Kier alpha value is -3.73. The number of esters is 1. The second-order valence-corrected chi connectivity index (χ2v) is 10.4. The van der Waals surface area contributed by atoms with E-state index >= 15 is 0 Å². The van der Waals surface area contributed by atoms with E-state index in [1.54, 1.807) is 24.3 Å². The Morgan fingerprint density at radius 2 is 1.80 bits per heavy atom. The van der Waals surface area contributed by atoms with Gasteiger partial charge in [0, 0.05) is 6.08 Å². The number of ether oxygens (including phenoxy) is 6. The zero-order chi connectivity index (χ0) is 32.0. The van der Waals surface area contributed by atoms with Crippen LogP contribution in [0.3, 0.4) is 0 Å². The van der Waals surface area contributed by atoms with E-state index in [0.717, 1.165) is 11.6 Å². The number of aromatic hydroxyl groups is 2. The first-order chi connectivity index (χ1) is 20.9. The molecule has 14 heteroatoms. The third kappa shape index (κ3) is 7.67. The molecule has 2 saturated heterocycles. The molecule has 240 valence electrons. The summed E-state index contributed by atoms with van der Waals surface area (Å²) in [5.41, 5.74) is -0.744. The van der Waals surface area contributed by atoms with Crippen molar-refractivity contribution in [1.29, 1.82) is 0 Å². The first-order valence-electron chi connectivity index (χ1n) is 13.6. The van der Waals surface area contributed by atoms with Gasteiger partial charge >= 0.3 is 5.97 Å². The number of aliphatic hydroxyl groups is 5. The van der Waals surface area contributed by atoms with E-state index in [1.807, 2.05) is 0 Å². The van der Waals surface area contributed by atoms with Crippen LogP contribution in [-0.4, -0.2) is 117 Å². The highest BCUT2D eigenvalue weighted by atomic mass is 16.7. The van der Waals surface area contributed by atoms with Crippen molar-refractivity contribution in [2.75, 3.05) is 26.9 Å². The van der Waals surface area contributed by atoms with Crippen LogP contribution in [0.25, 0.3) is 6.08 Å². The van der Waals surface area contributed by atoms with Gasteiger partial charge in [-0.05, 0) is 47.9 Å². The van der Waals surface area contributed by atoms with Gasteiger partial charge in [0.15, 0.2) is 34.9 Å².